The lowest BCUT2D eigenvalue weighted by atomic mass is 9.97. The number of aromatic nitrogens is 3. The molecule has 2 N–H and O–H groups in total. The summed E-state index contributed by atoms with van der Waals surface area (Å²) in [6, 6.07) is 15.8. The van der Waals surface area contributed by atoms with Crippen LogP contribution in [-0.4, -0.2) is 65.1 Å². The van der Waals surface area contributed by atoms with Gasteiger partial charge in [0.1, 0.15) is 0 Å². The van der Waals surface area contributed by atoms with E-state index in [-0.39, 0.29) is 5.97 Å². The molecule has 41 heavy (non-hydrogen) atoms. The number of nitrogens with one attached hydrogen (secondary N) is 2. The van der Waals surface area contributed by atoms with Gasteiger partial charge >= 0.3 is 5.97 Å². The first kappa shape index (κ1) is 28.1. The molecule has 0 saturated carbocycles. The lowest BCUT2D eigenvalue weighted by Gasteiger charge is -2.29. The van der Waals surface area contributed by atoms with Crippen molar-refractivity contribution in [2.75, 3.05) is 43.9 Å². The first-order valence-corrected chi connectivity index (χ1v) is 14.4. The Morgan fingerprint density at radius 1 is 1.10 bits per heavy atom. The molecule has 0 bridgehead atoms. The number of hydrogen-bond acceptors (Lipinski definition) is 7. The molecule has 0 unspecified atom stereocenters. The Hall–Kier alpha value is -4.40. The number of likely N-dealkylation sites (tertiary alicyclic amines) is 1. The molecule has 9 heteroatoms. The van der Waals surface area contributed by atoms with Crippen LogP contribution in [-0.2, 0) is 22.5 Å². The van der Waals surface area contributed by atoms with Crippen LogP contribution in [0.1, 0.15) is 42.1 Å². The number of para-hydroxylation sites is 1. The van der Waals surface area contributed by atoms with E-state index in [1.165, 1.54) is 28.5 Å². The molecule has 1 saturated heterocycles. The second-order valence-electron chi connectivity index (χ2n) is 10.4. The zero-order valence-corrected chi connectivity index (χ0v) is 23.8. The van der Waals surface area contributed by atoms with Gasteiger partial charge in [-0.3, -0.25) is 4.79 Å². The van der Waals surface area contributed by atoms with E-state index in [4.69, 9.17) is 9.72 Å². The van der Waals surface area contributed by atoms with Crippen molar-refractivity contribution >= 4 is 34.9 Å². The molecule has 2 aromatic heterocycles. The van der Waals surface area contributed by atoms with Gasteiger partial charge in [0.15, 0.2) is 0 Å². The number of carbonyl (C=O) groups excluding carboxylic acids is 2. The highest BCUT2D eigenvalue weighted by Gasteiger charge is 2.19. The van der Waals surface area contributed by atoms with E-state index in [0.717, 1.165) is 63.2 Å². The Balaban J connectivity index is 0.000000219. The highest BCUT2D eigenvalue weighted by molar-refractivity contribution is 5.97. The highest BCUT2D eigenvalue weighted by atomic mass is 16.5. The van der Waals surface area contributed by atoms with Gasteiger partial charge in [-0.25, -0.2) is 14.8 Å². The molecule has 4 aromatic rings. The molecule has 0 aliphatic carbocycles. The molecule has 0 radical (unpaired) electrons. The Labute approximate surface area is 240 Å². The lowest BCUT2D eigenvalue weighted by Crippen LogP contribution is -2.34. The zero-order chi connectivity index (χ0) is 28.6. The number of ether oxygens (including phenoxy) is 1. The second kappa shape index (κ2) is 13.3. The molecule has 9 nitrogen and oxygen atoms in total. The summed E-state index contributed by atoms with van der Waals surface area (Å²) in [6.45, 7) is 5.81. The predicted octanol–water partition coefficient (Wildman–Crippen LogP) is 5.23. The van der Waals surface area contributed by atoms with Gasteiger partial charge in [0.25, 0.3) is 0 Å². The Morgan fingerprint density at radius 2 is 1.90 bits per heavy atom. The Bertz CT molecular complexity index is 1470. The molecule has 2 aliphatic heterocycles. The summed E-state index contributed by atoms with van der Waals surface area (Å²) in [5.41, 5.74) is 6.51. The number of rotatable bonds is 8. The number of amides is 1. The van der Waals surface area contributed by atoms with Gasteiger partial charge in [-0.05, 0) is 74.4 Å². The van der Waals surface area contributed by atoms with Gasteiger partial charge in [0, 0.05) is 62.3 Å². The van der Waals surface area contributed by atoms with Gasteiger partial charge in [0.2, 0.25) is 12.4 Å². The molecule has 1 amide bonds. The van der Waals surface area contributed by atoms with Gasteiger partial charge < -0.3 is 24.8 Å². The van der Waals surface area contributed by atoms with Crippen molar-refractivity contribution < 1.29 is 14.3 Å². The van der Waals surface area contributed by atoms with Gasteiger partial charge in [-0.15, -0.1) is 0 Å². The van der Waals surface area contributed by atoms with Gasteiger partial charge in [-0.1, -0.05) is 18.2 Å². The highest BCUT2D eigenvalue weighted by Crippen LogP contribution is 2.34. The largest absolute Gasteiger partial charge is 0.462 e. The van der Waals surface area contributed by atoms with Crippen molar-refractivity contribution in [1.29, 1.82) is 0 Å². The molecule has 2 aliphatic rings. The third kappa shape index (κ3) is 6.67. The first-order valence-electron chi connectivity index (χ1n) is 14.4. The summed E-state index contributed by atoms with van der Waals surface area (Å²) < 4.78 is 7.22. The van der Waals surface area contributed by atoms with Crippen LogP contribution in [0.5, 0.6) is 0 Å². The molecular weight excluding hydrogens is 516 g/mol. The minimum absolute atomic E-state index is 0.273. The number of esters is 1. The quantitative estimate of drug-likeness (QED) is 0.227. The minimum atomic E-state index is -0.273. The number of nitrogens with zero attached hydrogens (tertiary/aromatic N) is 4. The van der Waals surface area contributed by atoms with Crippen LogP contribution in [0.15, 0.2) is 60.9 Å². The topological polar surface area (TPSA) is 101 Å². The molecule has 1 fully saturated rings. The average molecular weight is 555 g/mol. The summed E-state index contributed by atoms with van der Waals surface area (Å²) in [5.74, 6) is 0.967. The van der Waals surface area contributed by atoms with Crippen LogP contribution in [0.4, 0.5) is 11.6 Å². The number of hydrogen-bond donors (Lipinski definition) is 2. The van der Waals surface area contributed by atoms with E-state index in [1.807, 2.05) is 36.3 Å². The van der Waals surface area contributed by atoms with E-state index < -0.39 is 0 Å². The standard InChI is InChI=1S/C22H25N5O.C10H13NO2/c28-15-26-11-7-16(8-12-26)13-24-22-23-9-6-20(25-22)19-14-27-10-2-4-17-3-1-5-18(19)21(17)27;1-3-13-10(12)8-4-6-9(11-2)7-5-8/h1,3,5-6,9,14-16H,2,4,7-8,10-13H2,(H,23,24,25);4-7,11H,3H2,1-2H3. The molecular formula is C32H38N6O3. The fraction of sp³-hybridized carbons (Fsp3) is 0.375. The number of anilines is 2. The fourth-order valence-electron chi connectivity index (χ4n) is 5.54. The van der Waals surface area contributed by atoms with Crippen molar-refractivity contribution in [3.05, 3.63) is 72.1 Å². The van der Waals surface area contributed by atoms with Gasteiger partial charge in [-0.2, -0.15) is 0 Å². The average Bonchev–Trinajstić information content (AvgIpc) is 3.41. The summed E-state index contributed by atoms with van der Waals surface area (Å²) >= 11 is 0. The molecule has 214 valence electrons. The van der Waals surface area contributed by atoms with Gasteiger partial charge in [0.05, 0.1) is 23.4 Å². The minimum Gasteiger partial charge on any atom is -0.462 e. The summed E-state index contributed by atoms with van der Waals surface area (Å²) in [6.07, 6.45) is 9.44. The number of piperidine rings is 1. The Morgan fingerprint density at radius 3 is 2.63 bits per heavy atom. The molecule has 6 rings (SSSR count). The number of carbonyl (C=O) groups is 2. The van der Waals surface area contributed by atoms with Crippen molar-refractivity contribution in [3.63, 3.8) is 0 Å². The zero-order valence-electron chi connectivity index (χ0n) is 23.8. The third-order valence-corrected chi connectivity index (χ3v) is 7.79. The predicted molar refractivity (Wildman–Crippen MR) is 162 cm³/mol. The fourth-order valence-corrected chi connectivity index (χ4v) is 5.54. The van der Waals surface area contributed by atoms with Crippen molar-refractivity contribution in [3.8, 4) is 11.3 Å². The normalized spacial score (nSPS) is 14.6. The summed E-state index contributed by atoms with van der Waals surface area (Å²) in [5, 5.41) is 7.67. The molecule has 0 atom stereocenters. The van der Waals surface area contributed by atoms with Crippen LogP contribution in [0.25, 0.3) is 22.2 Å². The van der Waals surface area contributed by atoms with E-state index in [2.05, 4.69) is 44.6 Å². The number of benzene rings is 2. The molecule has 4 heterocycles. The summed E-state index contributed by atoms with van der Waals surface area (Å²) in [7, 11) is 1.83. The van der Waals surface area contributed by atoms with Crippen LogP contribution < -0.4 is 10.6 Å². The van der Waals surface area contributed by atoms with Crippen molar-refractivity contribution in [2.24, 2.45) is 5.92 Å². The monoisotopic (exact) mass is 554 g/mol. The van der Waals surface area contributed by atoms with Crippen LogP contribution in [0, 0.1) is 5.92 Å². The van der Waals surface area contributed by atoms with Crippen LogP contribution in [0.3, 0.4) is 0 Å². The van der Waals surface area contributed by atoms with E-state index in [1.54, 1.807) is 19.1 Å². The molecule has 2 aromatic carbocycles. The first-order chi connectivity index (χ1) is 20.1. The van der Waals surface area contributed by atoms with Crippen LogP contribution >= 0.6 is 0 Å². The number of aryl methyl sites for hydroxylation is 2. The molecule has 0 spiro atoms. The van der Waals surface area contributed by atoms with Crippen molar-refractivity contribution in [2.45, 2.75) is 39.2 Å². The second-order valence-corrected chi connectivity index (χ2v) is 10.4. The maximum Gasteiger partial charge on any atom is 0.338 e. The SMILES string of the molecule is CCOC(=O)c1ccc(NC)cc1.O=CN1CCC(CNc2nccc(-c3cn4c5c(cccc35)CCC4)n2)CC1. The van der Waals surface area contributed by atoms with E-state index >= 15 is 0 Å². The maximum atomic E-state index is 11.2. The van der Waals surface area contributed by atoms with Crippen molar-refractivity contribution in [1.82, 2.24) is 19.4 Å². The lowest BCUT2D eigenvalue weighted by molar-refractivity contribution is -0.119. The van der Waals surface area contributed by atoms with E-state index in [9.17, 15) is 9.59 Å². The van der Waals surface area contributed by atoms with Crippen LogP contribution in [0.2, 0.25) is 0 Å². The third-order valence-electron chi connectivity index (χ3n) is 7.79. The Kier molecular flexibility index (Phi) is 9.13. The maximum absolute atomic E-state index is 11.2. The summed E-state index contributed by atoms with van der Waals surface area (Å²) in [4.78, 5) is 33.1. The van der Waals surface area contributed by atoms with E-state index in [0.29, 0.717) is 24.0 Å². The smallest absolute Gasteiger partial charge is 0.338 e.